The molecule has 1 amide bonds. The smallest absolute Gasteiger partial charge is 0.260 e. The number of hydrogen-bond donors (Lipinski definition) is 0. The third-order valence-corrected chi connectivity index (χ3v) is 5.46. The van der Waals surface area contributed by atoms with E-state index in [1.165, 1.54) is 23.8 Å². The summed E-state index contributed by atoms with van der Waals surface area (Å²) in [5.74, 6) is 1.26. The molecular formula is C23H22ClFN2O3. The van der Waals surface area contributed by atoms with Gasteiger partial charge in [0.1, 0.15) is 17.3 Å². The number of halogens is 2. The van der Waals surface area contributed by atoms with Crippen LogP contribution in [0.25, 0.3) is 0 Å². The predicted molar refractivity (Wildman–Crippen MR) is 111 cm³/mol. The molecule has 0 unspecified atom stereocenters. The standard InChI is InChI=1S/C23H22ClFN2O3/c24-20-12-18(8-9-21(20)25)29-15-22(28)27-10-4-7-17(14-27)23-26-13-19(30-23)11-16-5-2-1-3-6-16/h1-3,5-6,8-9,12-13,17H,4,7,10-11,14-15H2/t17-/m0/s1. The Morgan fingerprint density at radius 1 is 1.27 bits per heavy atom. The number of amides is 1. The van der Waals surface area contributed by atoms with Crippen molar-refractivity contribution in [3.8, 4) is 5.75 Å². The maximum atomic E-state index is 13.2. The molecule has 0 saturated carbocycles. The number of nitrogens with zero attached hydrogens (tertiary/aromatic N) is 2. The Morgan fingerprint density at radius 3 is 2.90 bits per heavy atom. The Bertz CT molecular complexity index is 1010. The molecule has 0 spiro atoms. The van der Waals surface area contributed by atoms with Crippen LogP contribution in [0.4, 0.5) is 4.39 Å². The first-order valence-electron chi connectivity index (χ1n) is 9.92. The van der Waals surface area contributed by atoms with Gasteiger partial charge in [0.05, 0.1) is 17.1 Å². The van der Waals surface area contributed by atoms with E-state index >= 15 is 0 Å². The van der Waals surface area contributed by atoms with Crippen LogP contribution < -0.4 is 4.74 Å². The summed E-state index contributed by atoms with van der Waals surface area (Å²) in [5.41, 5.74) is 1.17. The fourth-order valence-electron chi connectivity index (χ4n) is 3.60. The van der Waals surface area contributed by atoms with E-state index in [1.807, 2.05) is 18.2 Å². The van der Waals surface area contributed by atoms with Gasteiger partial charge in [-0.25, -0.2) is 9.37 Å². The van der Waals surface area contributed by atoms with Gasteiger partial charge in [-0.3, -0.25) is 4.79 Å². The first-order valence-corrected chi connectivity index (χ1v) is 10.3. The third-order valence-electron chi connectivity index (χ3n) is 5.17. The molecule has 1 aliphatic rings. The van der Waals surface area contributed by atoms with E-state index in [2.05, 4.69) is 17.1 Å². The number of piperidine rings is 1. The van der Waals surface area contributed by atoms with Crippen LogP contribution in [0.15, 0.2) is 59.1 Å². The average Bonchev–Trinajstić information content (AvgIpc) is 3.23. The molecule has 1 aliphatic heterocycles. The summed E-state index contributed by atoms with van der Waals surface area (Å²) >= 11 is 5.75. The van der Waals surface area contributed by atoms with Crippen LogP contribution in [0.3, 0.4) is 0 Å². The van der Waals surface area contributed by atoms with Crippen molar-refractivity contribution < 1.29 is 18.3 Å². The van der Waals surface area contributed by atoms with Crippen LogP contribution in [0.5, 0.6) is 5.75 Å². The predicted octanol–water partition coefficient (Wildman–Crippen LogP) is 4.84. The molecule has 2 heterocycles. The molecule has 0 bridgehead atoms. The van der Waals surface area contributed by atoms with Crippen molar-refractivity contribution in [3.63, 3.8) is 0 Å². The van der Waals surface area contributed by atoms with Gasteiger partial charge in [0.25, 0.3) is 5.91 Å². The van der Waals surface area contributed by atoms with Crippen LogP contribution in [-0.2, 0) is 11.2 Å². The number of carbonyl (C=O) groups is 1. The van der Waals surface area contributed by atoms with Gasteiger partial charge in [0.15, 0.2) is 12.5 Å². The van der Waals surface area contributed by atoms with Crippen molar-refractivity contribution >= 4 is 17.5 Å². The number of rotatable bonds is 6. The van der Waals surface area contributed by atoms with E-state index in [-0.39, 0.29) is 23.5 Å². The van der Waals surface area contributed by atoms with Gasteiger partial charge < -0.3 is 14.1 Å². The number of benzene rings is 2. The summed E-state index contributed by atoms with van der Waals surface area (Å²) in [6, 6.07) is 14.1. The third kappa shape index (κ3) is 5.00. The lowest BCUT2D eigenvalue weighted by atomic mass is 9.98. The number of carbonyl (C=O) groups excluding carboxylic acids is 1. The molecule has 1 fully saturated rings. The normalized spacial score (nSPS) is 16.5. The Morgan fingerprint density at radius 2 is 2.10 bits per heavy atom. The van der Waals surface area contributed by atoms with E-state index in [0.717, 1.165) is 18.6 Å². The molecule has 0 aliphatic carbocycles. The highest BCUT2D eigenvalue weighted by Crippen LogP contribution is 2.27. The number of likely N-dealkylation sites (tertiary alicyclic amines) is 1. The number of aromatic nitrogens is 1. The van der Waals surface area contributed by atoms with Crippen LogP contribution >= 0.6 is 11.6 Å². The van der Waals surface area contributed by atoms with Crippen molar-refractivity contribution in [2.45, 2.75) is 25.2 Å². The Kier molecular flexibility index (Phi) is 6.33. The fraction of sp³-hybridized carbons (Fsp3) is 0.304. The van der Waals surface area contributed by atoms with E-state index < -0.39 is 5.82 Å². The summed E-state index contributed by atoms with van der Waals surface area (Å²) in [6.45, 7) is 1.08. The summed E-state index contributed by atoms with van der Waals surface area (Å²) < 4.78 is 24.7. The van der Waals surface area contributed by atoms with Crippen molar-refractivity contribution in [1.29, 1.82) is 0 Å². The lowest BCUT2D eigenvalue weighted by Crippen LogP contribution is -2.41. The molecule has 1 saturated heterocycles. The summed E-state index contributed by atoms with van der Waals surface area (Å²) in [5, 5.41) is -0.0341. The highest BCUT2D eigenvalue weighted by molar-refractivity contribution is 6.30. The SMILES string of the molecule is O=C(COc1ccc(F)c(Cl)c1)N1CCC[C@H](c2ncc(Cc3ccccc3)o2)C1. The van der Waals surface area contributed by atoms with Crippen LogP contribution in [0.1, 0.15) is 36.0 Å². The van der Waals surface area contributed by atoms with Gasteiger partial charge >= 0.3 is 0 Å². The minimum atomic E-state index is -0.521. The van der Waals surface area contributed by atoms with E-state index in [4.69, 9.17) is 20.8 Å². The highest BCUT2D eigenvalue weighted by Gasteiger charge is 2.28. The molecule has 30 heavy (non-hydrogen) atoms. The Hall–Kier alpha value is -2.86. The maximum Gasteiger partial charge on any atom is 0.260 e. The van der Waals surface area contributed by atoms with Gasteiger partial charge in [-0.05, 0) is 30.5 Å². The molecule has 0 N–H and O–H groups in total. The summed E-state index contributed by atoms with van der Waals surface area (Å²) in [6.07, 6.45) is 4.25. The van der Waals surface area contributed by atoms with Gasteiger partial charge in [-0.1, -0.05) is 41.9 Å². The maximum absolute atomic E-state index is 13.2. The number of ether oxygens (including phenoxy) is 1. The molecule has 156 valence electrons. The Labute approximate surface area is 179 Å². The number of oxazole rings is 1. The average molecular weight is 429 g/mol. The second-order valence-electron chi connectivity index (χ2n) is 7.37. The quantitative estimate of drug-likeness (QED) is 0.563. The van der Waals surface area contributed by atoms with Crippen LogP contribution in [0.2, 0.25) is 5.02 Å². The minimum absolute atomic E-state index is 0.0341. The van der Waals surface area contributed by atoms with E-state index in [1.54, 1.807) is 11.1 Å². The molecule has 0 radical (unpaired) electrons. The van der Waals surface area contributed by atoms with Gasteiger partial charge in [0.2, 0.25) is 0 Å². The van der Waals surface area contributed by atoms with Gasteiger partial charge in [-0.15, -0.1) is 0 Å². The molecule has 5 nitrogen and oxygen atoms in total. The van der Waals surface area contributed by atoms with Crippen molar-refractivity contribution in [3.05, 3.63) is 82.8 Å². The van der Waals surface area contributed by atoms with E-state index in [0.29, 0.717) is 31.2 Å². The Balaban J connectivity index is 1.33. The molecule has 7 heteroatoms. The summed E-state index contributed by atoms with van der Waals surface area (Å²) in [7, 11) is 0. The zero-order valence-corrected chi connectivity index (χ0v) is 17.1. The largest absolute Gasteiger partial charge is 0.484 e. The fourth-order valence-corrected chi connectivity index (χ4v) is 3.77. The highest BCUT2D eigenvalue weighted by atomic mass is 35.5. The molecule has 1 aromatic heterocycles. The molecule has 1 atom stereocenters. The topological polar surface area (TPSA) is 55.6 Å². The van der Waals surface area contributed by atoms with Crippen LogP contribution in [0, 0.1) is 5.82 Å². The lowest BCUT2D eigenvalue weighted by molar-refractivity contribution is -0.134. The lowest BCUT2D eigenvalue weighted by Gasteiger charge is -2.31. The number of hydrogen-bond acceptors (Lipinski definition) is 4. The van der Waals surface area contributed by atoms with Crippen molar-refractivity contribution in [2.24, 2.45) is 0 Å². The van der Waals surface area contributed by atoms with Gasteiger partial charge in [-0.2, -0.15) is 0 Å². The molecule has 3 aromatic rings. The van der Waals surface area contributed by atoms with Crippen molar-refractivity contribution in [2.75, 3.05) is 19.7 Å². The van der Waals surface area contributed by atoms with E-state index in [9.17, 15) is 9.18 Å². The monoisotopic (exact) mass is 428 g/mol. The molecule has 4 rings (SSSR count). The molecular weight excluding hydrogens is 407 g/mol. The first-order chi connectivity index (χ1) is 14.6. The zero-order valence-electron chi connectivity index (χ0n) is 16.4. The summed E-state index contributed by atoms with van der Waals surface area (Å²) in [4.78, 5) is 18.8. The van der Waals surface area contributed by atoms with Crippen molar-refractivity contribution in [1.82, 2.24) is 9.88 Å². The minimum Gasteiger partial charge on any atom is -0.484 e. The zero-order chi connectivity index (χ0) is 20.9. The first kappa shape index (κ1) is 20.4. The second-order valence-corrected chi connectivity index (χ2v) is 7.78. The molecule has 2 aromatic carbocycles. The van der Waals surface area contributed by atoms with Crippen LogP contribution in [-0.4, -0.2) is 35.5 Å². The van der Waals surface area contributed by atoms with Gasteiger partial charge in [0, 0.05) is 25.6 Å². The second kappa shape index (κ2) is 9.30.